The maximum Gasteiger partial charge on any atom is 0.166 e. The Balaban J connectivity index is 1.88. The zero-order chi connectivity index (χ0) is 13.6. The van der Waals surface area contributed by atoms with Crippen molar-refractivity contribution in [1.82, 2.24) is 0 Å². The van der Waals surface area contributed by atoms with Gasteiger partial charge in [0.25, 0.3) is 0 Å². The summed E-state index contributed by atoms with van der Waals surface area (Å²) in [6, 6.07) is 4.29. The lowest BCUT2D eigenvalue weighted by Gasteiger charge is -2.27. The highest BCUT2D eigenvalue weighted by Gasteiger charge is 2.38. The summed E-state index contributed by atoms with van der Waals surface area (Å²) in [4.78, 5) is 12.9. The summed E-state index contributed by atoms with van der Waals surface area (Å²) < 4.78 is 0. The van der Waals surface area contributed by atoms with Gasteiger partial charge in [-0.1, -0.05) is 17.7 Å². The maximum absolute atomic E-state index is 12.9. The number of carbonyl (C=O) groups is 1. The second kappa shape index (κ2) is 4.97. The van der Waals surface area contributed by atoms with E-state index in [1.807, 2.05) is 0 Å². The van der Waals surface area contributed by atoms with Gasteiger partial charge in [-0.2, -0.15) is 11.8 Å². The van der Waals surface area contributed by atoms with Gasteiger partial charge < -0.3 is 0 Å². The van der Waals surface area contributed by atoms with Gasteiger partial charge in [-0.05, 0) is 57.6 Å². The first-order chi connectivity index (χ1) is 9.04. The Morgan fingerprint density at radius 3 is 2.11 bits per heavy atom. The molecule has 0 radical (unpaired) electrons. The lowest BCUT2D eigenvalue weighted by molar-refractivity contribution is 0.0905. The summed E-state index contributed by atoms with van der Waals surface area (Å²) in [5.74, 6) is 0.686. The molecule has 19 heavy (non-hydrogen) atoms. The fourth-order valence-corrected chi connectivity index (χ4v) is 5.62. The molecule has 0 N–H and O–H groups in total. The van der Waals surface area contributed by atoms with E-state index in [0.29, 0.717) is 5.78 Å². The molecule has 2 saturated heterocycles. The Kier molecular flexibility index (Phi) is 3.46. The van der Waals surface area contributed by atoms with Crippen LogP contribution < -0.4 is 0 Å². The fraction of sp³-hybridized carbons (Fsp3) is 0.588. The summed E-state index contributed by atoms with van der Waals surface area (Å²) in [7, 11) is 0. The van der Waals surface area contributed by atoms with Crippen LogP contribution in [0.5, 0.6) is 0 Å². The van der Waals surface area contributed by atoms with Crippen LogP contribution in [0, 0.1) is 26.7 Å². The quantitative estimate of drug-likeness (QED) is 0.740. The molecule has 0 aliphatic carbocycles. The standard InChI is InChI=1S/C17H22OS/c1-10-6-11(2)16(12(3)7-10)17(18)13-8-14-4-5-15(9-13)19-14/h6-7,13-15H,4-5,8-9H2,1-3H3. The maximum atomic E-state index is 12.9. The Morgan fingerprint density at radius 2 is 1.58 bits per heavy atom. The zero-order valence-electron chi connectivity index (χ0n) is 12.0. The molecule has 1 nitrogen and oxygen atoms in total. The first-order valence-electron chi connectivity index (χ1n) is 7.32. The van der Waals surface area contributed by atoms with Gasteiger partial charge in [-0.3, -0.25) is 4.79 Å². The van der Waals surface area contributed by atoms with Crippen LogP contribution >= 0.6 is 11.8 Å². The third-order valence-electron chi connectivity index (χ3n) is 4.58. The molecular weight excluding hydrogens is 252 g/mol. The van der Waals surface area contributed by atoms with E-state index in [1.54, 1.807) is 0 Å². The van der Waals surface area contributed by atoms with Crippen LogP contribution in [0.25, 0.3) is 0 Å². The van der Waals surface area contributed by atoms with Gasteiger partial charge in [0.05, 0.1) is 0 Å². The molecule has 1 aromatic rings. The lowest BCUT2D eigenvalue weighted by atomic mass is 9.86. The van der Waals surface area contributed by atoms with Gasteiger partial charge in [-0.25, -0.2) is 0 Å². The number of Topliss-reactive ketones (excluding diaryl/α,β-unsaturated/α-hetero) is 1. The predicted molar refractivity (Wildman–Crippen MR) is 82.1 cm³/mol. The fourth-order valence-electron chi connectivity index (χ4n) is 3.84. The van der Waals surface area contributed by atoms with Crippen molar-refractivity contribution in [2.24, 2.45) is 5.92 Å². The number of rotatable bonds is 2. The molecule has 2 atom stereocenters. The van der Waals surface area contributed by atoms with Gasteiger partial charge in [0, 0.05) is 22.0 Å². The SMILES string of the molecule is Cc1cc(C)c(C(=O)C2CC3CCC(C2)S3)c(C)c1. The third kappa shape index (κ3) is 2.47. The molecule has 0 spiro atoms. The number of carbonyl (C=O) groups excluding carboxylic acids is 1. The van der Waals surface area contributed by atoms with Crippen LogP contribution in [-0.2, 0) is 0 Å². The van der Waals surface area contributed by atoms with Gasteiger partial charge >= 0.3 is 0 Å². The second-order valence-corrected chi connectivity index (χ2v) is 7.87. The second-order valence-electron chi connectivity index (χ2n) is 6.26. The summed E-state index contributed by atoms with van der Waals surface area (Å²) in [6.07, 6.45) is 4.86. The largest absolute Gasteiger partial charge is 0.294 e. The number of thioether (sulfide) groups is 1. The van der Waals surface area contributed by atoms with Gasteiger partial charge in [0.1, 0.15) is 0 Å². The summed E-state index contributed by atoms with van der Waals surface area (Å²) in [5, 5.41) is 1.50. The molecule has 2 fully saturated rings. The van der Waals surface area contributed by atoms with Crippen molar-refractivity contribution < 1.29 is 4.79 Å². The van der Waals surface area contributed by atoms with E-state index in [-0.39, 0.29) is 5.92 Å². The number of hydrogen-bond acceptors (Lipinski definition) is 2. The highest BCUT2D eigenvalue weighted by Crippen LogP contribution is 2.46. The van der Waals surface area contributed by atoms with Gasteiger partial charge in [0.2, 0.25) is 0 Å². The van der Waals surface area contributed by atoms with Crippen LogP contribution in [0.3, 0.4) is 0 Å². The molecule has 1 aromatic carbocycles. The van der Waals surface area contributed by atoms with Gasteiger partial charge in [-0.15, -0.1) is 0 Å². The molecule has 0 amide bonds. The van der Waals surface area contributed by atoms with E-state index in [1.165, 1.54) is 18.4 Å². The van der Waals surface area contributed by atoms with Crippen LogP contribution in [-0.4, -0.2) is 16.3 Å². The molecule has 2 bridgehead atoms. The molecule has 2 aliphatic heterocycles. The zero-order valence-corrected chi connectivity index (χ0v) is 12.8. The van der Waals surface area contributed by atoms with Crippen LogP contribution in [0.4, 0.5) is 0 Å². The van der Waals surface area contributed by atoms with Crippen LogP contribution in [0.2, 0.25) is 0 Å². The highest BCUT2D eigenvalue weighted by atomic mass is 32.2. The molecule has 3 rings (SSSR count). The minimum absolute atomic E-state index is 0.277. The van der Waals surface area contributed by atoms with Crippen molar-refractivity contribution >= 4 is 17.5 Å². The Bertz CT molecular complexity index is 485. The molecule has 0 aromatic heterocycles. The summed E-state index contributed by atoms with van der Waals surface area (Å²) >= 11 is 2.13. The topological polar surface area (TPSA) is 17.1 Å². The first-order valence-corrected chi connectivity index (χ1v) is 8.26. The van der Waals surface area contributed by atoms with Crippen molar-refractivity contribution in [2.45, 2.75) is 57.0 Å². The summed E-state index contributed by atoms with van der Waals surface area (Å²) in [5.41, 5.74) is 4.58. The molecule has 2 unspecified atom stereocenters. The van der Waals surface area contributed by atoms with Crippen molar-refractivity contribution in [3.8, 4) is 0 Å². The van der Waals surface area contributed by atoms with E-state index in [0.717, 1.165) is 40.0 Å². The molecule has 2 aliphatic rings. The smallest absolute Gasteiger partial charge is 0.166 e. The highest BCUT2D eigenvalue weighted by molar-refractivity contribution is 8.00. The summed E-state index contributed by atoms with van der Waals surface area (Å²) in [6.45, 7) is 6.27. The van der Waals surface area contributed by atoms with E-state index < -0.39 is 0 Å². The molecule has 2 heteroatoms. The number of ketones is 1. The Hall–Kier alpha value is -0.760. The average molecular weight is 274 g/mol. The first kappa shape index (κ1) is 13.2. The number of fused-ring (bicyclic) bond motifs is 2. The average Bonchev–Trinajstić information content (AvgIpc) is 2.66. The molecule has 2 heterocycles. The number of benzene rings is 1. The molecular formula is C17H22OS. The van der Waals surface area contributed by atoms with E-state index >= 15 is 0 Å². The Labute approximate surface area is 120 Å². The van der Waals surface area contributed by atoms with E-state index in [4.69, 9.17) is 0 Å². The monoisotopic (exact) mass is 274 g/mol. The van der Waals surface area contributed by atoms with E-state index in [2.05, 4.69) is 44.7 Å². The van der Waals surface area contributed by atoms with Crippen molar-refractivity contribution in [1.29, 1.82) is 0 Å². The predicted octanol–water partition coefficient (Wildman–Crippen LogP) is 4.47. The van der Waals surface area contributed by atoms with Crippen LogP contribution in [0.15, 0.2) is 12.1 Å². The molecule has 102 valence electrons. The number of hydrogen-bond donors (Lipinski definition) is 0. The van der Waals surface area contributed by atoms with Crippen molar-refractivity contribution in [3.63, 3.8) is 0 Å². The van der Waals surface area contributed by atoms with E-state index in [9.17, 15) is 4.79 Å². The van der Waals surface area contributed by atoms with Crippen molar-refractivity contribution in [2.75, 3.05) is 0 Å². The van der Waals surface area contributed by atoms with Gasteiger partial charge in [0.15, 0.2) is 5.78 Å². The molecule has 0 saturated carbocycles. The minimum atomic E-state index is 0.277. The third-order valence-corrected chi connectivity index (χ3v) is 6.21. The van der Waals surface area contributed by atoms with Crippen LogP contribution in [0.1, 0.15) is 52.7 Å². The lowest BCUT2D eigenvalue weighted by Crippen LogP contribution is -2.26. The van der Waals surface area contributed by atoms with Crippen molar-refractivity contribution in [3.05, 3.63) is 34.4 Å². The number of aryl methyl sites for hydroxylation is 3. The normalized spacial score (nSPS) is 29.5. The minimum Gasteiger partial charge on any atom is -0.294 e. The Morgan fingerprint density at radius 1 is 1.05 bits per heavy atom.